The van der Waals surface area contributed by atoms with E-state index >= 15 is 0 Å². The summed E-state index contributed by atoms with van der Waals surface area (Å²) in [6, 6.07) is 6.81. The van der Waals surface area contributed by atoms with Gasteiger partial charge in [0.05, 0.1) is 16.8 Å². The zero-order chi connectivity index (χ0) is 14.7. The van der Waals surface area contributed by atoms with E-state index in [1.54, 1.807) is 0 Å². The Labute approximate surface area is 119 Å². The van der Waals surface area contributed by atoms with E-state index < -0.39 is 23.5 Å². The molecule has 0 aromatic heterocycles. The molecule has 0 saturated carbocycles. The Morgan fingerprint density at radius 1 is 1.05 bits per heavy atom. The van der Waals surface area contributed by atoms with Gasteiger partial charge < -0.3 is 11.1 Å². The SMILES string of the molecule is NCC(Nc1cc(F)ccc1Cl)c1ccc(F)c(F)c1. The smallest absolute Gasteiger partial charge is 0.159 e. The predicted molar refractivity (Wildman–Crippen MR) is 73.2 cm³/mol. The van der Waals surface area contributed by atoms with Crippen LogP contribution in [0, 0.1) is 17.5 Å². The minimum absolute atomic E-state index is 0.109. The largest absolute Gasteiger partial charge is 0.376 e. The molecule has 20 heavy (non-hydrogen) atoms. The van der Waals surface area contributed by atoms with Crippen molar-refractivity contribution < 1.29 is 13.2 Å². The van der Waals surface area contributed by atoms with Crippen molar-refractivity contribution in [2.45, 2.75) is 6.04 Å². The van der Waals surface area contributed by atoms with Gasteiger partial charge in [0.2, 0.25) is 0 Å². The molecule has 0 fully saturated rings. The topological polar surface area (TPSA) is 38.0 Å². The molecule has 106 valence electrons. The molecule has 0 aliphatic rings. The number of rotatable bonds is 4. The lowest BCUT2D eigenvalue weighted by atomic mass is 10.1. The van der Waals surface area contributed by atoms with Gasteiger partial charge in [-0.1, -0.05) is 17.7 Å². The average Bonchev–Trinajstić information content (AvgIpc) is 2.43. The number of anilines is 1. The Hall–Kier alpha value is -1.72. The van der Waals surface area contributed by atoms with E-state index in [-0.39, 0.29) is 6.54 Å². The van der Waals surface area contributed by atoms with E-state index in [0.29, 0.717) is 16.3 Å². The monoisotopic (exact) mass is 300 g/mol. The van der Waals surface area contributed by atoms with Crippen LogP contribution in [0.2, 0.25) is 5.02 Å². The van der Waals surface area contributed by atoms with Crippen LogP contribution in [0.25, 0.3) is 0 Å². The van der Waals surface area contributed by atoms with E-state index in [1.165, 1.54) is 24.3 Å². The van der Waals surface area contributed by atoms with Crippen molar-refractivity contribution >= 4 is 17.3 Å². The van der Waals surface area contributed by atoms with Crippen LogP contribution < -0.4 is 11.1 Å². The molecular weight excluding hydrogens is 289 g/mol. The molecule has 0 spiro atoms. The molecule has 2 aromatic carbocycles. The summed E-state index contributed by atoms with van der Waals surface area (Å²) in [5.74, 6) is -2.36. The Kier molecular flexibility index (Phi) is 4.52. The van der Waals surface area contributed by atoms with Gasteiger partial charge >= 0.3 is 0 Å². The van der Waals surface area contributed by atoms with Gasteiger partial charge in [0.25, 0.3) is 0 Å². The lowest BCUT2D eigenvalue weighted by Crippen LogP contribution is -2.21. The van der Waals surface area contributed by atoms with Crippen LogP contribution in [0.3, 0.4) is 0 Å². The van der Waals surface area contributed by atoms with Gasteiger partial charge in [-0.25, -0.2) is 13.2 Å². The number of hydrogen-bond acceptors (Lipinski definition) is 2. The van der Waals surface area contributed by atoms with E-state index in [2.05, 4.69) is 5.32 Å². The van der Waals surface area contributed by atoms with Crippen LogP contribution in [0.15, 0.2) is 36.4 Å². The predicted octanol–water partition coefficient (Wildman–Crippen LogP) is 3.87. The Morgan fingerprint density at radius 3 is 2.45 bits per heavy atom. The Bertz CT molecular complexity index is 619. The summed E-state index contributed by atoms with van der Waals surface area (Å²) in [4.78, 5) is 0. The summed E-state index contributed by atoms with van der Waals surface area (Å²) in [5.41, 5.74) is 6.40. The molecule has 2 rings (SSSR count). The van der Waals surface area contributed by atoms with Crippen molar-refractivity contribution in [2.75, 3.05) is 11.9 Å². The number of halogens is 4. The normalized spacial score (nSPS) is 12.2. The second kappa shape index (κ2) is 6.15. The van der Waals surface area contributed by atoms with Crippen molar-refractivity contribution in [3.8, 4) is 0 Å². The minimum atomic E-state index is -0.965. The highest BCUT2D eigenvalue weighted by Crippen LogP contribution is 2.27. The lowest BCUT2D eigenvalue weighted by molar-refractivity contribution is 0.506. The van der Waals surface area contributed by atoms with E-state index in [9.17, 15) is 13.2 Å². The molecule has 2 nitrogen and oxygen atoms in total. The maximum atomic E-state index is 13.2. The molecular formula is C14H12ClF3N2. The van der Waals surface area contributed by atoms with Crippen LogP contribution >= 0.6 is 11.6 Å². The molecule has 6 heteroatoms. The summed E-state index contributed by atoms with van der Waals surface area (Å²) in [7, 11) is 0. The first kappa shape index (κ1) is 14.7. The van der Waals surface area contributed by atoms with E-state index in [1.807, 2.05) is 0 Å². The highest BCUT2D eigenvalue weighted by molar-refractivity contribution is 6.33. The van der Waals surface area contributed by atoms with Crippen LogP contribution in [-0.4, -0.2) is 6.54 Å². The standard InChI is InChI=1S/C14H12ClF3N2/c15-10-3-2-9(16)6-13(10)20-14(7-19)8-1-4-11(17)12(18)5-8/h1-6,14,20H,7,19H2. The van der Waals surface area contributed by atoms with Crippen LogP contribution in [0.1, 0.15) is 11.6 Å². The minimum Gasteiger partial charge on any atom is -0.376 e. The molecule has 0 amide bonds. The van der Waals surface area contributed by atoms with Crippen molar-refractivity contribution in [1.29, 1.82) is 0 Å². The highest BCUT2D eigenvalue weighted by atomic mass is 35.5. The second-order valence-corrected chi connectivity index (χ2v) is 4.64. The molecule has 0 radical (unpaired) electrons. The quantitative estimate of drug-likeness (QED) is 0.899. The lowest BCUT2D eigenvalue weighted by Gasteiger charge is -2.19. The first-order valence-electron chi connectivity index (χ1n) is 5.88. The van der Waals surface area contributed by atoms with Crippen LogP contribution in [-0.2, 0) is 0 Å². The molecule has 3 N–H and O–H groups in total. The maximum Gasteiger partial charge on any atom is 0.159 e. The third kappa shape index (κ3) is 3.23. The summed E-state index contributed by atoms with van der Waals surface area (Å²) >= 11 is 5.94. The molecule has 0 aliphatic carbocycles. The Morgan fingerprint density at radius 2 is 1.80 bits per heavy atom. The van der Waals surface area contributed by atoms with Gasteiger partial charge in [-0.2, -0.15) is 0 Å². The molecule has 0 bridgehead atoms. The van der Waals surface area contributed by atoms with E-state index in [0.717, 1.165) is 12.1 Å². The van der Waals surface area contributed by atoms with E-state index in [4.69, 9.17) is 17.3 Å². The van der Waals surface area contributed by atoms with Crippen LogP contribution in [0.5, 0.6) is 0 Å². The highest BCUT2D eigenvalue weighted by Gasteiger charge is 2.14. The number of benzene rings is 2. The molecule has 0 aliphatic heterocycles. The molecule has 0 saturated heterocycles. The van der Waals surface area contributed by atoms with Gasteiger partial charge in [0.15, 0.2) is 11.6 Å². The average molecular weight is 301 g/mol. The molecule has 1 atom stereocenters. The fourth-order valence-corrected chi connectivity index (χ4v) is 1.98. The molecule has 1 unspecified atom stereocenters. The van der Waals surface area contributed by atoms with Crippen molar-refractivity contribution in [1.82, 2.24) is 0 Å². The Balaban J connectivity index is 2.28. The summed E-state index contributed by atoms with van der Waals surface area (Å²) in [6.07, 6.45) is 0. The van der Waals surface area contributed by atoms with Crippen molar-refractivity contribution in [3.05, 3.63) is 64.4 Å². The first-order valence-corrected chi connectivity index (χ1v) is 6.25. The maximum absolute atomic E-state index is 13.2. The zero-order valence-corrected chi connectivity index (χ0v) is 11.1. The fraction of sp³-hybridized carbons (Fsp3) is 0.143. The third-order valence-electron chi connectivity index (χ3n) is 2.84. The first-order chi connectivity index (χ1) is 9.51. The summed E-state index contributed by atoms with van der Waals surface area (Å²) in [5, 5.41) is 3.23. The number of nitrogens with one attached hydrogen (secondary N) is 1. The third-order valence-corrected chi connectivity index (χ3v) is 3.17. The van der Waals surface area contributed by atoms with Gasteiger partial charge in [0, 0.05) is 6.54 Å². The fourth-order valence-electron chi connectivity index (χ4n) is 1.80. The number of hydrogen-bond donors (Lipinski definition) is 2. The van der Waals surface area contributed by atoms with Gasteiger partial charge in [0.1, 0.15) is 5.82 Å². The molecule has 2 aromatic rings. The molecule has 0 heterocycles. The zero-order valence-electron chi connectivity index (χ0n) is 10.3. The summed E-state index contributed by atoms with van der Waals surface area (Å²) < 4.78 is 39.3. The summed E-state index contributed by atoms with van der Waals surface area (Å²) in [6.45, 7) is 0.109. The van der Waals surface area contributed by atoms with Crippen LogP contribution in [0.4, 0.5) is 18.9 Å². The van der Waals surface area contributed by atoms with Gasteiger partial charge in [-0.15, -0.1) is 0 Å². The van der Waals surface area contributed by atoms with Gasteiger partial charge in [-0.05, 0) is 35.9 Å². The van der Waals surface area contributed by atoms with Gasteiger partial charge in [-0.3, -0.25) is 0 Å². The van der Waals surface area contributed by atoms with Crippen molar-refractivity contribution in [2.24, 2.45) is 5.73 Å². The second-order valence-electron chi connectivity index (χ2n) is 4.23. The van der Waals surface area contributed by atoms with Crippen molar-refractivity contribution in [3.63, 3.8) is 0 Å². The number of nitrogens with two attached hydrogens (primary N) is 1.